The Labute approximate surface area is 203 Å². The highest BCUT2D eigenvalue weighted by atomic mass is 16.5. The number of nitrogens with one attached hydrogen (secondary N) is 2. The van der Waals surface area contributed by atoms with E-state index < -0.39 is 5.91 Å². The summed E-state index contributed by atoms with van der Waals surface area (Å²) in [6.07, 6.45) is 6.45. The number of nitrogens with zero attached hydrogens (tertiary/aromatic N) is 3. The summed E-state index contributed by atoms with van der Waals surface area (Å²) in [5, 5.41) is 13.8. The first-order chi connectivity index (χ1) is 17.0. The topological polar surface area (TPSA) is 112 Å². The minimum Gasteiger partial charge on any atom is -0.381 e. The van der Waals surface area contributed by atoms with Crippen molar-refractivity contribution in [3.05, 3.63) is 69.8 Å². The van der Waals surface area contributed by atoms with E-state index >= 15 is 0 Å². The molecule has 2 fully saturated rings. The fraction of sp³-hybridized carbons (Fsp3) is 0.423. The highest BCUT2D eigenvalue weighted by Crippen LogP contribution is 2.33. The van der Waals surface area contributed by atoms with Crippen LogP contribution >= 0.6 is 0 Å². The van der Waals surface area contributed by atoms with E-state index in [9.17, 15) is 9.59 Å². The van der Waals surface area contributed by atoms with Crippen LogP contribution in [-0.2, 0) is 16.1 Å². The van der Waals surface area contributed by atoms with Crippen molar-refractivity contribution in [2.75, 3.05) is 26.3 Å². The number of aromatic amines is 1. The van der Waals surface area contributed by atoms with Gasteiger partial charge in [-0.2, -0.15) is 5.10 Å². The quantitative estimate of drug-likeness (QED) is 0.286. The zero-order valence-corrected chi connectivity index (χ0v) is 19.8. The van der Waals surface area contributed by atoms with Crippen molar-refractivity contribution in [2.45, 2.75) is 38.3 Å². The number of ether oxygens (including phenoxy) is 1. The first kappa shape index (κ1) is 23.5. The number of rotatable bonds is 6. The van der Waals surface area contributed by atoms with Crippen LogP contribution in [0.15, 0.2) is 47.4 Å². The number of hydrogen-bond donors (Lipinski definition) is 3. The van der Waals surface area contributed by atoms with Crippen LogP contribution in [0.2, 0.25) is 0 Å². The molecule has 0 saturated carbocycles. The molecule has 0 aliphatic carbocycles. The van der Waals surface area contributed by atoms with E-state index in [2.05, 4.69) is 40.1 Å². The molecular weight excluding hydrogens is 446 g/mol. The first-order valence-corrected chi connectivity index (χ1v) is 12.1. The zero-order chi connectivity index (χ0) is 24.4. The summed E-state index contributed by atoms with van der Waals surface area (Å²) < 4.78 is 7.52. The Morgan fingerprint density at radius 2 is 2.03 bits per heavy atom. The number of benzene rings is 1. The van der Waals surface area contributed by atoms with E-state index in [-0.39, 0.29) is 17.5 Å². The van der Waals surface area contributed by atoms with Crippen molar-refractivity contribution in [2.24, 2.45) is 5.92 Å². The molecule has 2 atom stereocenters. The van der Waals surface area contributed by atoms with E-state index in [1.54, 1.807) is 17.8 Å². The van der Waals surface area contributed by atoms with Crippen LogP contribution in [0.25, 0.3) is 17.0 Å². The lowest BCUT2D eigenvalue weighted by molar-refractivity contribution is -0.124. The maximum absolute atomic E-state index is 12.9. The Bertz CT molecular complexity index is 1270. The molecule has 5 rings (SSSR count). The second kappa shape index (κ2) is 10.2. The fourth-order valence-electron chi connectivity index (χ4n) is 5.30. The van der Waals surface area contributed by atoms with E-state index in [4.69, 9.17) is 9.94 Å². The van der Waals surface area contributed by atoms with Crippen LogP contribution in [0.3, 0.4) is 0 Å². The number of fused-ring (bicyclic) bond motifs is 1. The van der Waals surface area contributed by atoms with Crippen LogP contribution in [0, 0.1) is 5.92 Å². The minimum absolute atomic E-state index is 0.0695. The van der Waals surface area contributed by atoms with Gasteiger partial charge in [0.1, 0.15) is 0 Å². The third kappa shape index (κ3) is 5.07. The average molecular weight is 478 g/mol. The molecular formula is C26H31N5O4. The lowest BCUT2D eigenvalue weighted by atomic mass is 9.94. The summed E-state index contributed by atoms with van der Waals surface area (Å²) in [6, 6.07) is 10.4. The number of aromatic nitrogens is 3. The molecule has 2 saturated heterocycles. The molecule has 3 aromatic rings. The number of amides is 1. The van der Waals surface area contributed by atoms with Gasteiger partial charge in [0.25, 0.3) is 11.5 Å². The van der Waals surface area contributed by atoms with E-state index in [1.165, 1.54) is 11.6 Å². The molecule has 184 valence electrons. The summed E-state index contributed by atoms with van der Waals surface area (Å²) in [6.45, 7) is 6.32. The Balaban J connectivity index is 1.31. The van der Waals surface area contributed by atoms with Gasteiger partial charge in [0, 0.05) is 50.5 Å². The Morgan fingerprint density at radius 1 is 1.26 bits per heavy atom. The largest absolute Gasteiger partial charge is 0.381 e. The predicted octanol–water partition coefficient (Wildman–Crippen LogP) is 2.83. The number of hydrogen-bond acceptors (Lipinski definition) is 6. The minimum atomic E-state index is -0.557. The number of carbonyl (C=O) groups is 1. The molecule has 9 heteroatoms. The summed E-state index contributed by atoms with van der Waals surface area (Å²) in [4.78, 5) is 29.6. The summed E-state index contributed by atoms with van der Waals surface area (Å²) in [5.41, 5.74) is 5.48. The van der Waals surface area contributed by atoms with Gasteiger partial charge in [-0.25, -0.2) is 5.48 Å². The summed E-state index contributed by atoms with van der Waals surface area (Å²) in [7, 11) is 0. The van der Waals surface area contributed by atoms with Crippen LogP contribution < -0.4 is 11.0 Å². The molecule has 4 heterocycles. The van der Waals surface area contributed by atoms with Crippen molar-refractivity contribution in [1.29, 1.82) is 0 Å². The standard InChI is InChI=1S/C26H31N5O4/c1-17-14-30(15-19-4-2-18(3-5-19)6-7-25(32)29-34)16-22(17)23-12-24-21(26(33)28-23)13-27-31(24)20-8-10-35-11-9-20/h2-7,12-13,17,20,22,34H,8-11,14-16H2,1H3,(H,28,33)(H,29,32)/b7-6+/t17-,22-/m1/s1. The van der Waals surface area contributed by atoms with E-state index in [0.29, 0.717) is 11.3 Å². The molecule has 1 amide bonds. The smallest absolute Gasteiger partial charge is 0.267 e. The van der Waals surface area contributed by atoms with Crippen LogP contribution in [0.5, 0.6) is 0 Å². The van der Waals surface area contributed by atoms with Crippen molar-refractivity contribution >= 4 is 22.9 Å². The van der Waals surface area contributed by atoms with Gasteiger partial charge in [0.2, 0.25) is 0 Å². The van der Waals surface area contributed by atoms with Gasteiger partial charge >= 0.3 is 0 Å². The monoisotopic (exact) mass is 477 g/mol. The number of hydroxylamine groups is 1. The normalized spacial score (nSPS) is 21.8. The third-order valence-electron chi connectivity index (χ3n) is 7.18. The highest BCUT2D eigenvalue weighted by Gasteiger charge is 2.32. The Kier molecular flexibility index (Phi) is 6.81. The van der Waals surface area contributed by atoms with Crippen LogP contribution in [0.1, 0.15) is 48.5 Å². The van der Waals surface area contributed by atoms with Crippen LogP contribution in [-0.4, -0.2) is 57.1 Å². The van der Waals surface area contributed by atoms with Crippen molar-refractivity contribution in [1.82, 2.24) is 25.1 Å². The molecule has 3 N–H and O–H groups in total. The molecule has 0 radical (unpaired) electrons. The molecule has 35 heavy (non-hydrogen) atoms. The Morgan fingerprint density at radius 3 is 2.77 bits per heavy atom. The van der Waals surface area contributed by atoms with Gasteiger partial charge in [0.15, 0.2) is 0 Å². The Hall–Kier alpha value is -3.27. The molecule has 2 aromatic heterocycles. The maximum atomic E-state index is 12.9. The van der Waals surface area contributed by atoms with Crippen molar-refractivity contribution in [3.8, 4) is 0 Å². The number of carbonyl (C=O) groups excluding carboxylic acids is 1. The lowest BCUT2D eigenvalue weighted by Gasteiger charge is -2.23. The molecule has 1 aromatic carbocycles. The first-order valence-electron chi connectivity index (χ1n) is 12.1. The van der Waals surface area contributed by atoms with Gasteiger partial charge in [-0.3, -0.25) is 24.4 Å². The van der Waals surface area contributed by atoms with Gasteiger partial charge in [-0.1, -0.05) is 31.2 Å². The summed E-state index contributed by atoms with van der Waals surface area (Å²) in [5.74, 6) is 0.0873. The average Bonchev–Trinajstić information content (AvgIpc) is 3.47. The molecule has 0 bridgehead atoms. The van der Waals surface area contributed by atoms with Crippen molar-refractivity contribution in [3.63, 3.8) is 0 Å². The molecule has 2 aliphatic rings. The van der Waals surface area contributed by atoms with Crippen molar-refractivity contribution < 1.29 is 14.7 Å². The fourth-order valence-corrected chi connectivity index (χ4v) is 5.30. The van der Waals surface area contributed by atoms with Gasteiger partial charge < -0.3 is 9.72 Å². The molecule has 0 spiro atoms. The van der Waals surface area contributed by atoms with Gasteiger partial charge in [-0.15, -0.1) is 0 Å². The lowest BCUT2D eigenvalue weighted by Crippen LogP contribution is -2.22. The molecule has 9 nitrogen and oxygen atoms in total. The highest BCUT2D eigenvalue weighted by molar-refractivity contribution is 5.90. The number of pyridine rings is 1. The predicted molar refractivity (Wildman–Crippen MR) is 132 cm³/mol. The van der Waals surface area contributed by atoms with Gasteiger partial charge in [-0.05, 0) is 42.0 Å². The second-order valence-corrected chi connectivity index (χ2v) is 9.61. The molecule has 2 aliphatic heterocycles. The number of likely N-dealkylation sites (tertiary alicyclic amines) is 1. The zero-order valence-electron chi connectivity index (χ0n) is 19.8. The summed E-state index contributed by atoms with van der Waals surface area (Å²) >= 11 is 0. The second-order valence-electron chi connectivity index (χ2n) is 9.61. The van der Waals surface area contributed by atoms with Gasteiger partial charge in [0.05, 0.1) is 23.1 Å². The number of H-pyrrole nitrogens is 1. The maximum Gasteiger partial charge on any atom is 0.267 e. The molecule has 0 unspecified atom stereocenters. The SMILES string of the molecule is C[C@@H]1CN(Cc2ccc(/C=C/C(=O)NO)cc2)C[C@H]1c1cc2c(cnn2C2CCOCC2)c(=O)[nH]1. The third-order valence-corrected chi connectivity index (χ3v) is 7.18. The van der Waals surface area contributed by atoms with E-state index in [0.717, 1.165) is 62.5 Å². The van der Waals surface area contributed by atoms with Crippen LogP contribution in [0.4, 0.5) is 0 Å². The van der Waals surface area contributed by atoms with E-state index in [1.807, 2.05) is 16.8 Å².